The zero-order valence-corrected chi connectivity index (χ0v) is 30.6. The van der Waals surface area contributed by atoms with Crippen LogP contribution in [0.2, 0.25) is 0 Å². The molecule has 7 nitrogen and oxygen atoms in total. The molecule has 274 valence electrons. The molecule has 1 aliphatic heterocycles. The van der Waals surface area contributed by atoms with Crippen molar-refractivity contribution in [2.45, 2.75) is 84.5 Å². The number of unbranched alkanes of at least 4 members (excludes halogenated alkanes) is 6. The van der Waals surface area contributed by atoms with Gasteiger partial charge in [0.2, 0.25) is 5.43 Å². The number of fused-ring (bicyclic) bond motifs is 1. The van der Waals surface area contributed by atoms with Crippen molar-refractivity contribution >= 4 is 22.5 Å². The van der Waals surface area contributed by atoms with Crippen LogP contribution in [0, 0.1) is 11.6 Å². The Balaban J connectivity index is 1.33. The van der Waals surface area contributed by atoms with Gasteiger partial charge >= 0.3 is 0 Å². The molecule has 0 bridgehead atoms. The molecule has 1 aliphatic rings. The van der Waals surface area contributed by atoms with Crippen molar-refractivity contribution in [3.05, 3.63) is 94.3 Å². The summed E-state index contributed by atoms with van der Waals surface area (Å²) >= 11 is 0. The minimum absolute atomic E-state index is 0.0363. The lowest BCUT2D eigenvalue weighted by Gasteiger charge is -2.37. The molecule has 3 aromatic carbocycles. The average Bonchev–Trinajstić information content (AvgIpc) is 3.11. The van der Waals surface area contributed by atoms with Crippen LogP contribution in [0.15, 0.2) is 71.7 Å². The molecule has 1 amide bonds. The summed E-state index contributed by atoms with van der Waals surface area (Å²) in [6.45, 7) is 8.99. The molecule has 0 atom stereocenters. The molecule has 4 aromatic rings. The second kappa shape index (κ2) is 18.3. The van der Waals surface area contributed by atoms with Crippen molar-refractivity contribution in [3.63, 3.8) is 0 Å². The molecule has 9 heteroatoms. The fourth-order valence-electron chi connectivity index (χ4n) is 7.09. The largest absolute Gasteiger partial charge is 0.494 e. The number of ether oxygens (including phenoxy) is 2. The van der Waals surface area contributed by atoms with Crippen molar-refractivity contribution in [1.29, 1.82) is 0 Å². The van der Waals surface area contributed by atoms with Gasteiger partial charge in [0.15, 0.2) is 0 Å². The Kier molecular flexibility index (Phi) is 13.6. The minimum atomic E-state index is -0.807. The van der Waals surface area contributed by atoms with Gasteiger partial charge in [-0.05, 0) is 88.3 Å². The Labute approximate surface area is 301 Å². The standard InChI is InChI=1S/C42H54F2N3O4/c1-4-6-24-50-36-18-16-17-34(29-36)46-31-39(42(49)45(5-2)35-27-32(43)26-33(44)28-35)41(48)38-20-19-37(30-40(38)46)51-25-15-10-8-7-9-12-21-47(3)22-13-11-14-23-47/h16-20,26-31H,4-15,21-25H2,1-3H3/q+1. The summed E-state index contributed by atoms with van der Waals surface area (Å²) in [4.78, 5) is 29.1. The van der Waals surface area contributed by atoms with Crippen LogP contribution in [-0.2, 0) is 0 Å². The van der Waals surface area contributed by atoms with E-state index >= 15 is 0 Å². The van der Waals surface area contributed by atoms with E-state index in [1.165, 1.54) is 80.2 Å². The van der Waals surface area contributed by atoms with Crippen molar-refractivity contribution in [2.75, 3.05) is 51.3 Å². The third-order valence-electron chi connectivity index (χ3n) is 10.0. The van der Waals surface area contributed by atoms with E-state index in [-0.39, 0.29) is 17.8 Å². The minimum Gasteiger partial charge on any atom is -0.494 e. The molecule has 51 heavy (non-hydrogen) atoms. The van der Waals surface area contributed by atoms with E-state index < -0.39 is 23.0 Å². The summed E-state index contributed by atoms with van der Waals surface area (Å²) in [6, 6.07) is 15.7. The normalized spacial score (nSPS) is 14.1. The van der Waals surface area contributed by atoms with Gasteiger partial charge in [-0.3, -0.25) is 9.59 Å². The monoisotopic (exact) mass is 702 g/mol. The molecule has 0 aliphatic carbocycles. The highest BCUT2D eigenvalue weighted by atomic mass is 19.1. The van der Waals surface area contributed by atoms with Crippen LogP contribution in [0.5, 0.6) is 11.5 Å². The average molecular weight is 703 g/mol. The smallest absolute Gasteiger partial charge is 0.263 e. The fourth-order valence-corrected chi connectivity index (χ4v) is 7.09. The van der Waals surface area contributed by atoms with E-state index in [1.54, 1.807) is 23.6 Å². The summed E-state index contributed by atoms with van der Waals surface area (Å²) in [7, 11) is 2.42. The zero-order valence-electron chi connectivity index (χ0n) is 30.6. The molecule has 0 unspecified atom stereocenters. The van der Waals surface area contributed by atoms with Gasteiger partial charge in [0, 0.05) is 47.7 Å². The second-order valence-electron chi connectivity index (χ2n) is 14.1. The van der Waals surface area contributed by atoms with Crippen molar-refractivity contribution in [3.8, 4) is 17.2 Å². The maximum atomic E-state index is 14.1. The predicted molar refractivity (Wildman–Crippen MR) is 201 cm³/mol. The van der Waals surface area contributed by atoms with E-state index in [0.717, 1.165) is 43.9 Å². The number of rotatable bonds is 18. The third-order valence-corrected chi connectivity index (χ3v) is 10.0. The van der Waals surface area contributed by atoms with E-state index in [9.17, 15) is 18.4 Å². The van der Waals surface area contributed by atoms with Crippen molar-refractivity contribution in [2.24, 2.45) is 0 Å². The van der Waals surface area contributed by atoms with Gasteiger partial charge in [0.1, 0.15) is 28.7 Å². The van der Waals surface area contributed by atoms with Crippen LogP contribution < -0.4 is 19.8 Å². The zero-order chi connectivity index (χ0) is 36.2. The molecular formula is C42H54F2N3O4+. The van der Waals surface area contributed by atoms with E-state index in [1.807, 2.05) is 30.3 Å². The fraction of sp³-hybridized carbons (Fsp3) is 0.476. The molecule has 1 fully saturated rings. The van der Waals surface area contributed by atoms with Gasteiger partial charge < -0.3 is 23.4 Å². The lowest BCUT2D eigenvalue weighted by molar-refractivity contribution is -0.914. The van der Waals surface area contributed by atoms with Gasteiger partial charge in [0.05, 0.1) is 45.4 Å². The quantitative estimate of drug-likeness (QED) is 0.0766. The van der Waals surface area contributed by atoms with E-state index in [0.29, 0.717) is 41.3 Å². The highest BCUT2D eigenvalue weighted by Gasteiger charge is 2.25. The van der Waals surface area contributed by atoms with E-state index in [4.69, 9.17) is 9.47 Å². The number of benzene rings is 3. The van der Waals surface area contributed by atoms with Crippen LogP contribution in [0.25, 0.3) is 16.6 Å². The van der Waals surface area contributed by atoms with Crippen LogP contribution in [0.1, 0.15) is 94.8 Å². The second-order valence-corrected chi connectivity index (χ2v) is 14.1. The molecule has 0 radical (unpaired) electrons. The Bertz CT molecular complexity index is 1800. The number of aromatic nitrogens is 1. The molecule has 5 rings (SSSR count). The van der Waals surface area contributed by atoms with Crippen molar-refractivity contribution in [1.82, 2.24) is 4.57 Å². The summed E-state index contributed by atoms with van der Waals surface area (Å²) < 4.78 is 43.5. The van der Waals surface area contributed by atoms with Crippen LogP contribution in [0.4, 0.5) is 14.5 Å². The van der Waals surface area contributed by atoms with Gasteiger partial charge in [0.25, 0.3) is 5.91 Å². The maximum absolute atomic E-state index is 14.1. The Morgan fingerprint density at radius 2 is 1.47 bits per heavy atom. The Morgan fingerprint density at radius 3 is 2.18 bits per heavy atom. The van der Waals surface area contributed by atoms with Crippen LogP contribution in [-0.4, -0.2) is 61.4 Å². The number of hydrogen-bond acceptors (Lipinski definition) is 4. The Hall–Kier alpha value is -4.24. The number of hydrogen-bond donors (Lipinski definition) is 0. The number of nitrogens with zero attached hydrogens (tertiary/aromatic N) is 3. The van der Waals surface area contributed by atoms with Crippen molar-refractivity contribution < 1.29 is 27.5 Å². The number of likely N-dealkylation sites (tertiary alicyclic amines) is 1. The van der Waals surface area contributed by atoms with Gasteiger partial charge in [-0.15, -0.1) is 0 Å². The molecule has 1 saturated heterocycles. The molecule has 2 heterocycles. The SMILES string of the molecule is CCCCOc1cccc(-n2cc(C(=O)N(CC)c3cc(F)cc(F)c3)c(=O)c3ccc(OCCCCCCCC[N+]4(C)CCCCC4)cc32)c1. The van der Waals surface area contributed by atoms with Gasteiger partial charge in [-0.25, -0.2) is 8.78 Å². The molecular weight excluding hydrogens is 648 g/mol. The summed E-state index contributed by atoms with van der Waals surface area (Å²) in [5.41, 5.74) is 0.710. The third kappa shape index (κ3) is 10.2. The van der Waals surface area contributed by atoms with Crippen LogP contribution >= 0.6 is 0 Å². The number of anilines is 1. The maximum Gasteiger partial charge on any atom is 0.263 e. The summed E-state index contributed by atoms with van der Waals surface area (Å²) in [5, 5.41) is 0.327. The number of amides is 1. The number of carbonyl (C=O) groups is 1. The first-order valence-electron chi connectivity index (χ1n) is 18.9. The Morgan fingerprint density at radius 1 is 0.804 bits per heavy atom. The highest BCUT2D eigenvalue weighted by Crippen LogP contribution is 2.27. The number of piperidine rings is 1. The molecule has 1 aromatic heterocycles. The predicted octanol–water partition coefficient (Wildman–Crippen LogP) is 9.46. The van der Waals surface area contributed by atoms with Crippen LogP contribution in [0.3, 0.4) is 0 Å². The first-order valence-corrected chi connectivity index (χ1v) is 18.9. The molecule has 0 saturated carbocycles. The molecule has 0 N–H and O–H groups in total. The lowest BCUT2D eigenvalue weighted by atomic mass is 10.1. The van der Waals surface area contributed by atoms with E-state index in [2.05, 4.69) is 14.0 Å². The number of carbonyl (C=O) groups excluding carboxylic acids is 1. The number of pyridine rings is 1. The summed E-state index contributed by atoms with van der Waals surface area (Å²) in [6.07, 6.45) is 14.6. The first kappa shape index (κ1) is 38.0. The van der Waals surface area contributed by atoms with Gasteiger partial charge in [-0.2, -0.15) is 0 Å². The number of quaternary nitrogens is 1. The topological polar surface area (TPSA) is 60.8 Å². The summed E-state index contributed by atoms with van der Waals surface area (Å²) in [5.74, 6) is -0.965. The molecule has 0 spiro atoms. The number of halogens is 2. The highest BCUT2D eigenvalue weighted by molar-refractivity contribution is 6.07. The first-order chi connectivity index (χ1) is 24.7. The lowest BCUT2D eigenvalue weighted by Crippen LogP contribution is -2.48. The van der Waals surface area contributed by atoms with Gasteiger partial charge in [-0.1, -0.05) is 38.7 Å².